The van der Waals surface area contributed by atoms with Crippen molar-refractivity contribution in [1.82, 2.24) is 0 Å². The molecule has 0 saturated carbocycles. The van der Waals surface area contributed by atoms with E-state index < -0.39 is 8.07 Å². The Kier molecular flexibility index (Phi) is 12.1. The third-order valence-electron chi connectivity index (χ3n) is 5.84. The van der Waals surface area contributed by atoms with E-state index in [9.17, 15) is 0 Å². The van der Waals surface area contributed by atoms with Crippen molar-refractivity contribution >= 4 is 19.4 Å². The zero-order valence-corrected chi connectivity index (χ0v) is 27.1. The molecular formula is C31H48AuN2Si-2. The van der Waals surface area contributed by atoms with Crippen molar-refractivity contribution in [2.75, 3.05) is 9.80 Å². The van der Waals surface area contributed by atoms with Crippen LogP contribution >= 0.6 is 0 Å². The number of anilines is 2. The van der Waals surface area contributed by atoms with Crippen LogP contribution in [0.25, 0.3) is 0 Å². The minimum absolute atomic E-state index is 0. The van der Waals surface area contributed by atoms with Gasteiger partial charge in [-0.1, -0.05) is 111 Å². The molecule has 35 heavy (non-hydrogen) atoms. The molecule has 0 fully saturated rings. The van der Waals surface area contributed by atoms with Gasteiger partial charge in [0.2, 0.25) is 0 Å². The summed E-state index contributed by atoms with van der Waals surface area (Å²) in [5.41, 5.74) is 8.29. The molecule has 1 heterocycles. The van der Waals surface area contributed by atoms with Crippen LogP contribution in [0.2, 0.25) is 19.6 Å². The maximum absolute atomic E-state index is 3.91. The van der Waals surface area contributed by atoms with Crippen LogP contribution in [0.4, 0.5) is 11.4 Å². The normalized spacial score (nSPS) is 13.6. The van der Waals surface area contributed by atoms with Crippen LogP contribution in [-0.2, 0) is 22.4 Å². The number of para-hydroxylation sites is 2. The largest absolute Gasteiger partial charge is 0.479 e. The standard InChI is InChI=1S/C27H37N2.C4H11Si.Au/c1-18(2)22-11-9-12-23(19(3)4)26(22)28-15-16-29(17-28)27-24(20(5)6)13-10-14-25(27)21(7)8;1-5(2,3)4;/h9-21H,1-8H3;1H2,2-4H3;/q2*-1;. The third-order valence-corrected chi connectivity index (χ3v) is 5.84. The maximum Gasteiger partial charge on any atom is 0.0195 e. The smallest absolute Gasteiger partial charge is 0.0195 e. The Bertz CT molecular complexity index is 840. The zero-order valence-electron chi connectivity index (χ0n) is 23.9. The fraction of sp³-hybridized carbons (Fsp3) is 0.484. The fourth-order valence-electron chi connectivity index (χ4n) is 4.24. The molecular weight excluding hydrogens is 625 g/mol. The van der Waals surface area contributed by atoms with E-state index in [0.29, 0.717) is 23.7 Å². The van der Waals surface area contributed by atoms with Gasteiger partial charge in [-0.2, -0.15) is 0 Å². The number of nitrogens with zero attached hydrogens (tertiary/aromatic N) is 2. The monoisotopic (exact) mass is 673 g/mol. The van der Waals surface area contributed by atoms with Gasteiger partial charge in [-0.3, -0.25) is 0 Å². The maximum atomic E-state index is 3.91. The van der Waals surface area contributed by atoms with Gasteiger partial charge in [0.25, 0.3) is 0 Å². The molecule has 1 aliphatic rings. The van der Waals surface area contributed by atoms with Crippen molar-refractivity contribution < 1.29 is 22.4 Å². The summed E-state index contributed by atoms with van der Waals surface area (Å²) in [4.78, 5) is 4.65. The molecule has 0 amide bonds. The average molecular weight is 674 g/mol. The van der Waals surface area contributed by atoms with Crippen molar-refractivity contribution in [2.24, 2.45) is 0 Å². The Morgan fingerprint density at radius 3 is 1.03 bits per heavy atom. The second kappa shape index (κ2) is 13.3. The van der Waals surface area contributed by atoms with Crippen molar-refractivity contribution in [3.05, 3.63) is 84.3 Å². The van der Waals surface area contributed by atoms with Gasteiger partial charge in [0.05, 0.1) is 0 Å². The molecule has 1 aliphatic heterocycles. The Morgan fingerprint density at radius 1 is 0.600 bits per heavy atom. The van der Waals surface area contributed by atoms with E-state index in [1.54, 1.807) is 0 Å². The first-order valence-electron chi connectivity index (χ1n) is 12.9. The molecule has 2 aromatic rings. The van der Waals surface area contributed by atoms with Gasteiger partial charge in [0.1, 0.15) is 0 Å². The van der Waals surface area contributed by atoms with Crippen LogP contribution in [0.15, 0.2) is 48.8 Å². The van der Waals surface area contributed by atoms with E-state index in [1.165, 1.54) is 33.6 Å². The van der Waals surface area contributed by atoms with Crippen LogP contribution in [0.5, 0.6) is 0 Å². The van der Waals surface area contributed by atoms with E-state index in [1.807, 2.05) is 0 Å². The zero-order chi connectivity index (χ0) is 25.8. The molecule has 0 N–H and O–H groups in total. The van der Waals surface area contributed by atoms with Crippen molar-refractivity contribution in [3.8, 4) is 0 Å². The molecule has 0 aromatic heterocycles. The van der Waals surface area contributed by atoms with E-state index in [-0.39, 0.29) is 22.4 Å². The molecule has 2 aromatic carbocycles. The fourth-order valence-corrected chi connectivity index (χ4v) is 4.24. The summed E-state index contributed by atoms with van der Waals surface area (Å²) in [6, 6.07) is 13.5. The molecule has 0 spiro atoms. The molecule has 2 nitrogen and oxygen atoms in total. The summed E-state index contributed by atoms with van der Waals surface area (Å²) in [7, 11) is -0.861. The number of rotatable bonds is 6. The summed E-state index contributed by atoms with van der Waals surface area (Å²) in [5, 5.41) is 0. The second-order valence-electron chi connectivity index (χ2n) is 12.0. The predicted molar refractivity (Wildman–Crippen MR) is 156 cm³/mol. The van der Waals surface area contributed by atoms with Crippen LogP contribution in [0.3, 0.4) is 0 Å². The molecule has 1 radical (unpaired) electrons. The minimum Gasteiger partial charge on any atom is -0.479 e. The summed E-state index contributed by atoms with van der Waals surface area (Å²) in [6.07, 6.45) is 4.43. The van der Waals surface area contributed by atoms with Gasteiger partial charge < -0.3 is 16.3 Å². The van der Waals surface area contributed by atoms with E-state index in [4.69, 9.17) is 0 Å². The molecule has 0 bridgehead atoms. The quantitative estimate of drug-likeness (QED) is 0.223. The van der Waals surface area contributed by atoms with Crippen LogP contribution in [0, 0.1) is 13.2 Å². The van der Waals surface area contributed by atoms with Crippen LogP contribution < -0.4 is 9.80 Å². The first-order valence-corrected chi connectivity index (χ1v) is 16.6. The first kappa shape index (κ1) is 31.8. The molecule has 0 atom stereocenters. The summed E-state index contributed by atoms with van der Waals surface area (Å²) in [6.45, 7) is 31.1. The van der Waals surface area contributed by atoms with Gasteiger partial charge in [-0.05, 0) is 58.3 Å². The SMILES string of the molecule is CC(C)c1cccc(C(C)C)c1N1C=CN(c2c(C(C)C)cccc2C(C)C)[CH-]1.[Au].[CH2-][Si](C)(C)C. The van der Waals surface area contributed by atoms with Gasteiger partial charge >= 0.3 is 0 Å². The molecule has 0 aliphatic carbocycles. The van der Waals surface area contributed by atoms with Gasteiger partial charge in [-0.15, -0.1) is 14.7 Å². The Labute approximate surface area is 233 Å². The van der Waals surface area contributed by atoms with Crippen LogP contribution in [-0.4, -0.2) is 8.07 Å². The number of benzene rings is 2. The topological polar surface area (TPSA) is 6.48 Å². The predicted octanol–water partition coefficient (Wildman–Crippen LogP) is 9.79. The molecule has 4 heteroatoms. The van der Waals surface area contributed by atoms with E-state index in [2.05, 4.69) is 147 Å². The third kappa shape index (κ3) is 8.67. The second-order valence-corrected chi connectivity index (χ2v) is 17.1. The molecule has 0 saturated heterocycles. The van der Waals surface area contributed by atoms with Crippen molar-refractivity contribution in [2.45, 2.75) is 98.7 Å². The average Bonchev–Trinajstić information content (AvgIpc) is 3.20. The Hall–Kier alpha value is -1.26. The van der Waals surface area contributed by atoms with Gasteiger partial charge in [0, 0.05) is 33.8 Å². The van der Waals surface area contributed by atoms with Crippen LogP contribution in [0.1, 0.15) is 101 Å². The minimum atomic E-state index is -0.861. The molecule has 199 valence electrons. The van der Waals surface area contributed by atoms with Gasteiger partial charge in [0.15, 0.2) is 0 Å². The van der Waals surface area contributed by atoms with Crippen molar-refractivity contribution in [1.29, 1.82) is 0 Å². The van der Waals surface area contributed by atoms with E-state index in [0.717, 1.165) is 0 Å². The molecule has 0 unspecified atom stereocenters. The van der Waals surface area contributed by atoms with Gasteiger partial charge in [-0.25, -0.2) is 0 Å². The van der Waals surface area contributed by atoms with E-state index >= 15 is 0 Å². The summed E-state index contributed by atoms with van der Waals surface area (Å²) >= 11 is 0. The number of hydrogen-bond acceptors (Lipinski definition) is 2. The Balaban J connectivity index is 0.000000927. The summed E-state index contributed by atoms with van der Waals surface area (Å²) in [5.74, 6) is 1.92. The first-order chi connectivity index (χ1) is 15.7. The Morgan fingerprint density at radius 2 is 0.829 bits per heavy atom. The molecule has 3 rings (SSSR count). The van der Waals surface area contributed by atoms with Crippen molar-refractivity contribution in [3.63, 3.8) is 0 Å². The summed E-state index contributed by atoms with van der Waals surface area (Å²) < 4.78 is 0. The number of hydrogen-bond donors (Lipinski definition) is 0.